The summed E-state index contributed by atoms with van der Waals surface area (Å²) < 4.78 is 0. The second-order valence-electron chi connectivity index (χ2n) is 8.89. The van der Waals surface area contributed by atoms with Crippen molar-refractivity contribution < 1.29 is 4.79 Å². The van der Waals surface area contributed by atoms with Crippen molar-refractivity contribution in [1.82, 2.24) is 10.2 Å². The molecule has 1 saturated heterocycles. The van der Waals surface area contributed by atoms with Crippen molar-refractivity contribution >= 4 is 11.6 Å². The number of benzene rings is 3. The molecule has 2 atom stereocenters. The topological polar surface area (TPSA) is 83.2 Å². The van der Waals surface area contributed by atoms with Gasteiger partial charge in [-0.05, 0) is 73.0 Å². The third-order valence-electron chi connectivity index (χ3n) is 6.68. The molecule has 35 heavy (non-hydrogen) atoms. The van der Waals surface area contributed by atoms with Crippen LogP contribution in [0, 0.1) is 22.7 Å². The van der Waals surface area contributed by atoms with Crippen LogP contribution in [0.3, 0.4) is 0 Å². The minimum absolute atomic E-state index is 0.0283. The van der Waals surface area contributed by atoms with Gasteiger partial charge in [0.15, 0.2) is 0 Å². The molecular formula is C29H29N5O. The number of carbonyl (C=O) groups is 1. The third-order valence-corrected chi connectivity index (χ3v) is 6.68. The summed E-state index contributed by atoms with van der Waals surface area (Å²) in [5.74, 6) is -0.122. The minimum Gasteiger partial charge on any atom is -0.375 e. The Balaban J connectivity index is 1.54. The predicted octanol–water partition coefficient (Wildman–Crippen LogP) is 4.48. The SMILES string of the molecule is CCN(C)c1ccc(C(c2ccc(C#N)cc2)N2CC[C@@H](NC(=O)c3ccc(C#N)cc3)C2)cc1. The summed E-state index contributed by atoms with van der Waals surface area (Å²) in [5.41, 5.74) is 5.21. The van der Waals surface area contributed by atoms with Crippen LogP contribution in [0.25, 0.3) is 0 Å². The monoisotopic (exact) mass is 463 g/mol. The standard InChI is InChI=1S/C29H29N5O/c1-3-33(2)27-14-12-24(13-15-27)28(23-8-4-21(18-30)5-9-23)34-17-16-26(20-34)32-29(35)25-10-6-22(19-31)7-11-25/h4-15,26,28H,3,16-17,20H2,1-2H3,(H,32,35)/t26-,28?/m1/s1. The van der Waals surface area contributed by atoms with Gasteiger partial charge in [-0.3, -0.25) is 9.69 Å². The molecule has 0 bridgehead atoms. The zero-order chi connectivity index (χ0) is 24.8. The van der Waals surface area contributed by atoms with Crippen molar-refractivity contribution in [2.75, 3.05) is 31.6 Å². The largest absolute Gasteiger partial charge is 0.375 e. The normalized spacial score (nSPS) is 16.2. The highest BCUT2D eigenvalue weighted by atomic mass is 16.1. The van der Waals surface area contributed by atoms with Crippen LogP contribution >= 0.6 is 0 Å². The fraction of sp³-hybridized carbons (Fsp3) is 0.276. The number of hydrogen-bond acceptors (Lipinski definition) is 5. The second kappa shape index (κ2) is 10.9. The Morgan fingerprint density at radius 2 is 1.51 bits per heavy atom. The molecule has 1 amide bonds. The molecular weight excluding hydrogens is 434 g/mol. The van der Waals surface area contributed by atoms with Crippen LogP contribution in [0.2, 0.25) is 0 Å². The highest BCUT2D eigenvalue weighted by molar-refractivity contribution is 5.94. The van der Waals surface area contributed by atoms with Crippen molar-refractivity contribution in [3.05, 3.63) is 101 Å². The summed E-state index contributed by atoms with van der Waals surface area (Å²) in [6, 6.07) is 27.5. The van der Waals surface area contributed by atoms with Crippen molar-refractivity contribution in [1.29, 1.82) is 10.5 Å². The molecule has 4 rings (SSSR count). The average molecular weight is 464 g/mol. The maximum atomic E-state index is 12.8. The van der Waals surface area contributed by atoms with Crippen LogP contribution < -0.4 is 10.2 Å². The van der Waals surface area contributed by atoms with E-state index in [9.17, 15) is 10.1 Å². The number of likely N-dealkylation sites (tertiary alicyclic amines) is 1. The van der Waals surface area contributed by atoms with Crippen LogP contribution in [0.15, 0.2) is 72.8 Å². The van der Waals surface area contributed by atoms with Gasteiger partial charge in [0.05, 0.1) is 29.3 Å². The van der Waals surface area contributed by atoms with E-state index < -0.39 is 0 Å². The highest BCUT2D eigenvalue weighted by Gasteiger charge is 2.31. The quantitative estimate of drug-likeness (QED) is 0.559. The Bertz CT molecular complexity index is 1240. The van der Waals surface area contributed by atoms with Crippen LogP contribution in [0.5, 0.6) is 0 Å². The van der Waals surface area contributed by atoms with Gasteiger partial charge in [-0.2, -0.15) is 10.5 Å². The Labute approximate surface area is 207 Å². The van der Waals surface area contributed by atoms with E-state index >= 15 is 0 Å². The Morgan fingerprint density at radius 1 is 0.971 bits per heavy atom. The summed E-state index contributed by atoms with van der Waals surface area (Å²) in [7, 11) is 2.08. The molecule has 3 aromatic carbocycles. The number of nitrogens with one attached hydrogen (secondary N) is 1. The molecule has 6 nitrogen and oxygen atoms in total. The Morgan fingerprint density at radius 3 is 2.06 bits per heavy atom. The number of nitriles is 2. The third kappa shape index (κ3) is 5.51. The molecule has 1 unspecified atom stereocenters. The van der Waals surface area contributed by atoms with Crippen molar-refractivity contribution in [2.45, 2.75) is 25.4 Å². The molecule has 176 valence electrons. The first-order valence-corrected chi connectivity index (χ1v) is 11.9. The van der Waals surface area contributed by atoms with Gasteiger partial charge in [-0.1, -0.05) is 24.3 Å². The number of hydrogen-bond donors (Lipinski definition) is 1. The molecule has 0 spiro atoms. The molecule has 3 aromatic rings. The van der Waals surface area contributed by atoms with E-state index in [4.69, 9.17) is 5.26 Å². The number of amides is 1. The van der Waals surface area contributed by atoms with Crippen LogP contribution in [0.4, 0.5) is 5.69 Å². The first-order valence-electron chi connectivity index (χ1n) is 11.9. The fourth-order valence-electron chi connectivity index (χ4n) is 4.55. The molecule has 0 saturated carbocycles. The molecule has 1 N–H and O–H groups in total. The molecule has 1 aliphatic heterocycles. The van der Waals surface area contributed by atoms with Gasteiger partial charge < -0.3 is 10.2 Å². The van der Waals surface area contributed by atoms with Gasteiger partial charge >= 0.3 is 0 Å². The van der Waals surface area contributed by atoms with Crippen LogP contribution in [-0.4, -0.2) is 43.5 Å². The molecule has 0 aromatic heterocycles. The molecule has 1 aliphatic rings. The summed E-state index contributed by atoms with van der Waals surface area (Å²) in [5, 5.41) is 21.4. The zero-order valence-corrected chi connectivity index (χ0v) is 20.1. The van der Waals surface area contributed by atoms with E-state index in [1.54, 1.807) is 24.3 Å². The summed E-state index contributed by atoms with van der Waals surface area (Å²) in [6.07, 6.45) is 0.853. The van der Waals surface area contributed by atoms with Gasteiger partial charge in [-0.25, -0.2) is 0 Å². The average Bonchev–Trinajstić information content (AvgIpc) is 3.36. The summed E-state index contributed by atoms with van der Waals surface area (Å²) in [6.45, 7) is 4.64. The van der Waals surface area contributed by atoms with E-state index in [-0.39, 0.29) is 18.0 Å². The van der Waals surface area contributed by atoms with E-state index in [1.165, 1.54) is 11.3 Å². The van der Waals surface area contributed by atoms with Gasteiger partial charge in [0, 0.05) is 44.0 Å². The fourth-order valence-corrected chi connectivity index (χ4v) is 4.55. The molecule has 6 heteroatoms. The minimum atomic E-state index is -0.122. The summed E-state index contributed by atoms with van der Waals surface area (Å²) in [4.78, 5) is 17.4. The van der Waals surface area contributed by atoms with Gasteiger partial charge in [0.2, 0.25) is 0 Å². The van der Waals surface area contributed by atoms with Crippen molar-refractivity contribution in [3.63, 3.8) is 0 Å². The first-order chi connectivity index (χ1) is 17.0. The van der Waals surface area contributed by atoms with Gasteiger partial charge in [0.1, 0.15) is 0 Å². The number of rotatable bonds is 7. The smallest absolute Gasteiger partial charge is 0.251 e. The summed E-state index contributed by atoms with van der Waals surface area (Å²) >= 11 is 0. The van der Waals surface area contributed by atoms with Crippen LogP contribution in [0.1, 0.15) is 52.0 Å². The van der Waals surface area contributed by atoms with E-state index in [0.717, 1.165) is 31.6 Å². The van der Waals surface area contributed by atoms with Crippen molar-refractivity contribution in [3.8, 4) is 12.1 Å². The second-order valence-corrected chi connectivity index (χ2v) is 8.89. The number of nitrogens with zero attached hydrogens (tertiary/aromatic N) is 4. The first kappa shape index (κ1) is 24.0. The molecule has 0 radical (unpaired) electrons. The number of carbonyl (C=O) groups excluding carboxylic acids is 1. The van der Waals surface area contributed by atoms with Gasteiger partial charge in [-0.15, -0.1) is 0 Å². The zero-order valence-electron chi connectivity index (χ0n) is 20.1. The lowest BCUT2D eigenvalue weighted by atomic mass is 9.96. The lowest BCUT2D eigenvalue weighted by molar-refractivity contribution is 0.0937. The number of anilines is 1. The maximum Gasteiger partial charge on any atom is 0.251 e. The Hall–Kier alpha value is -4.13. The van der Waals surface area contributed by atoms with E-state index in [2.05, 4.69) is 65.5 Å². The predicted molar refractivity (Wildman–Crippen MR) is 137 cm³/mol. The van der Waals surface area contributed by atoms with Crippen molar-refractivity contribution in [2.24, 2.45) is 0 Å². The maximum absolute atomic E-state index is 12.8. The molecule has 0 aliphatic carbocycles. The Kier molecular flexibility index (Phi) is 7.45. The van der Waals surface area contributed by atoms with E-state index in [0.29, 0.717) is 16.7 Å². The van der Waals surface area contributed by atoms with Crippen LogP contribution in [-0.2, 0) is 0 Å². The lowest BCUT2D eigenvalue weighted by Crippen LogP contribution is -2.38. The highest BCUT2D eigenvalue weighted by Crippen LogP contribution is 2.33. The molecule has 1 heterocycles. The van der Waals surface area contributed by atoms with Gasteiger partial charge in [0.25, 0.3) is 5.91 Å². The molecule has 1 fully saturated rings. The lowest BCUT2D eigenvalue weighted by Gasteiger charge is -2.29. The van der Waals surface area contributed by atoms with E-state index in [1.807, 2.05) is 24.3 Å².